The number of nitrogens with zero attached hydrogens (tertiary/aromatic N) is 1. The molecular weight excluding hydrogens is 237 g/mol. The normalized spacial score (nSPS) is 10.8. The molecule has 0 bridgehead atoms. The lowest BCUT2D eigenvalue weighted by atomic mass is 10.1. The third kappa shape index (κ3) is 4.36. The summed E-state index contributed by atoms with van der Waals surface area (Å²) in [6.07, 6.45) is 2.05. The fraction of sp³-hybridized carbons (Fsp3) is 0.417. The minimum absolute atomic E-state index is 0.105. The summed E-state index contributed by atoms with van der Waals surface area (Å²) in [4.78, 5) is 2.07. The molecule has 0 fully saturated rings. The van der Waals surface area contributed by atoms with E-state index in [1.807, 2.05) is 7.05 Å². The first-order chi connectivity index (χ1) is 8.04. The first kappa shape index (κ1) is 14.0. The summed E-state index contributed by atoms with van der Waals surface area (Å²) in [5.74, 6) is 0.629. The topological polar surface area (TPSA) is 53.1 Å². The molecule has 17 heavy (non-hydrogen) atoms. The van der Waals surface area contributed by atoms with E-state index in [1.54, 1.807) is 23.9 Å². The molecule has 0 saturated heterocycles. The summed E-state index contributed by atoms with van der Waals surface area (Å²) in [7, 11) is 1.97. The maximum atomic E-state index is 13.7. The quantitative estimate of drug-likeness (QED) is 0.603. The van der Waals surface area contributed by atoms with Crippen molar-refractivity contribution in [1.29, 1.82) is 5.41 Å². The van der Waals surface area contributed by atoms with Crippen molar-refractivity contribution < 1.29 is 4.39 Å². The number of benzene rings is 1. The summed E-state index contributed by atoms with van der Waals surface area (Å²) < 4.78 is 13.7. The van der Waals surface area contributed by atoms with Gasteiger partial charge in [-0.2, -0.15) is 11.8 Å². The van der Waals surface area contributed by atoms with Crippen LogP contribution in [0.4, 0.5) is 4.39 Å². The predicted molar refractivity (Wildman–Crippen MR) is 72.1 cm³/mol. The monoisotopic (exact) mass is 255 g/mol. The second-order valence-corrected chi connectivity index (χ2v) is 4.94. The Morgan fingerprint density at radius 2 is 2.24 bits per heavy atom. The molecule has 0 aliphatic rings. The van der Waals surface area contributed by atoms with Crippen molar-refractivity contribution in [2.45, 2.75) is 6.54 Å². The average Bonchev–Trinajstić information content (AvgIpc) is 2.28. The SMILES string of the molecule is CSCCN(C)Cc1ccc(C(=N)N)cc1F. The highest BCUT2D eigenvalue weighted by Crippen LogP contribution is 2.12. The van der Waals surface area contributed by atoms with Crippen LogP contribution < -0.4 is 5.73 Å². The van der Waals surface area contributed by atoms with Crippen LogP contribution in [0, 0.1) is 11.2 Å². The number of nitrogen functional groups attached to an aromatic ring is 1. The van der Waals surface area contributed by atoms with Crippen LogP contribution in [0.5, 0.6) is 0 Å². The van der Waals surface area contributed by atoms with Crippen LogP contribution >= 0.6 is 11.8 Å². The molecule has 3 N–H and O–H groups in total. The second kappa shape index (κ2) is 6.61. The van der Waals surface area contributed by atoms with E-state index in [1.165, 1.54) is 6.07 Å². The standard InChI is InChI=1S/C12H18FN3S/c1-16(5-6-17-2)8-10-4-3-9(12(14)15)7-11(10)13/h3-4,7H,5-6,8H2,1-2H3,(H3,14,15). The molecule has 0 unspecified atom stereocenters. The summed E-state index contributed by atoms with van der Waals surface area (Å²) in [5.41, 5.74) is 6.37. The first-order valence-corrected chi connectivity index (χ1v) is 6.74. The third-order valence-corrected chi connectivity index (χ3v) is 3.07. The lowest BCUT2D eigenvalue weighted by Gasteiger charge is -2.16. The zero-order valence-corrected chi connectivity index (χ0v) is 11.0. The van der Waals surface area contributed by atoms with Gasteiger partial charge in [-0.15, -0.1) is 0 Å². The van der Waals surface area contributed by atoms with E-state index in [2.05, 4.69) is 11.2 Å². The van der Waals surface area contributed by atoms with E-state index >= 15 is 0 Å². The van der Waals surface area contributed by atoms with Crippen molar-refractivity contribution in [2.75, 3.05) is 25.6 Å². The van der Waals surface area contributed by atoms with Crippen LogP contribution in [-0.4, -0.2) is 36.3 Å². The molecule has 0 radical (unpaired) electrons. The Bertz CT molecular complexity index is 395. The van der Waals surface area contributed by atoms with Gasteiger partial charge < -0.3 is 10.6 Å². The lowest BCUT2D eigenvalue weighted by molar-refractivity contribution is 0.342. The van der Waals surface area contributed by atoms with Crippen molar-refractivity contribution in [1.82, 2.24) is 4.90 Å². The Labute approximate surface area is 106 Å². The zero-order valence-electron chi connectivity index (χ0n) is 10.2. The highest BCUT2D eigenvalue weighted by Gasteiger charge is 2.07. The van der Waals surface area contributed by atoms with Gasteiger partial charge in [0.2, 0.25) is 0 Å². The highest BCUT2D eigenvalue weighted by atomic mass is 32.2. The van der Waals surface area contributed by atoms with Gasteiger partial charge in [0.15, 0.2) is 0 Å². The van der Waals surface area contributed by atoms with Crippen molar-refractivity contribution in [3.63, 3.8) is 0 Å². The Morgan fingerprint density at radius 1 is 1.53 bits per heavy atom. The zero-order chi connectivity index (χ0) is 12.8. The summed E-state index contributed by atoms with van der Waals surface area (Å²) in [5, 5.41) is 7.23. The molecule has 3 nitrogen and oxygen atoms in total. The molecule has 1 rings (SSSR count). The summed E-state index contributed by atoms with van der Waals surface area (Å²) >= 11 is 1.77. The number of rotatable bonds is 6. The van der Waals surface area contributed by atoms with E-state index in [4.69, 9.17) is 11.1 Å². The van der Waals surface area contributed by atoms with Crippen molar-refractivity contribution in [3.05, 3.63) is 35.1 Å². The third-order valence-electron chi connectivity index (χ3n) is 2.48. The molecule has 1 aromatic rings. The number of hydrogen-bond donors (Lipinski definition) is 2. The highest BCUT2D eigenvalue weighted by molar-refractivity contribution is 7.98. The molecule has 0 heterocycles. The van der Waals surface area contributed by atoms with Gasteiger partial charge in [-0.1, -0.05) is 12.1 Å². The molecular formula is C12H18FN3S. The first-order valence-electron chi connectivity index (χ1n) is 5.35. The van der Waals surface area contributed by atoms with Crippen LogP contribution in [0.2, 0.25) is 0 Å². The number of amidine groups is 1. The summed E-state index contributed by atoms with van der Waals surface area (Å²) in [6, 6.07) is 4.70. The van der Waals surface area contributed by atoms with E-state index in [0.29, 0.717) is 17.7 Å². The van der Waals surface area contributed by atoms with Gasteiger partial charge in [0.25, 0.3) is 0 Å². The number of nitrogens with one attached hydrogen (secondary N) is 1. The van der Waals surface area contributed by atoms with Crippen LogP contribution in [0.15, 0.2) is 18.2 Å². The van der Waals surface area contributed by atoms with Gasteiger partial charge in [0, 0.05) is 30.0 Å². The Hall–Kier alpha value is -1.07. The molecule has 5 heteroatoms. The number of halogens is 1. The molecule has 0 aliphatic heterocycles. The van der Waals surface area contributed by atoms with Crippen LogP contribution in [0.1, 0.15) is 11.1 Å². The number of nitrogens with two attached hydrogens (primary N) is 1. The van der Waals surface area contributed by atoms with E-state index in [-0.39, 0.29) is 11.7 Å². The Morgan fingerprint density at radius 3 is 2.76 bits per heavy atom. The molecule has 0 aromatic heterocycles. The summed E-state index contributed by atoms with van der Waals surface area (Å²) in [6.45, 7) is 1.50. The van der Waals surface area contributed by atoms with Crippen LogP contribution in [-0.2, 0) is 6.54 Å². The maximum Gasteiger partial charge on any atom is 0.128 e. The van der Waals surface area contributed by atoms with E-state index < -0.39 is 0 Å². The number of thioether (sulfide) groups is 1. The Balaban J connectivity index is 2.69. The van der Waals surface area contributed by atoms with E-state index in [0.717, 1.165) is 12.3 Å². The fourth-order valence-corrected chi connectivity index (χ4v) is 1.95. The van der Waals surface area contributed by atoms with Crippen LogP contribution in [0.3, 0.4) is 0 Å². The molecule has 0 amide bonds. The Kier molecular flexibility index (Phi) is 5.44. The van der Waals surface area contributed by atoms with Gasteiger partial charge >= 0.3 is 0 Å². The smallest absolute Gasteiger partial charge is 0.128 e. The van der Waals surface area contributed by atoms with Gasteiger partial charge in [-0.3, -0.25) is 5.41 Å². The van der Waals surface area contributed by atoms with E-state index in [9.17, 15) is 4.39 Å². The largest absolute Gasteiger partial charge is 0.384 e. The fourth-order valence-electron chi connectivity index (χ4n) is 1.46. The molecule has 1 aromatic carbocycles. The van der Waals surface area contributed by atoms with Crippen molar-refractivity contribution >= 4 is 17.6 Å². The molecule has 0 spiro atoms. The van der Waals surface area contributed by atoms with Crippen molar-refractivity contribution in [2.24, 2.45) is 5.73 Å². The van der Waals surface area contributed by atoms with Crippen molar-refractivity contribution in [3.8, 4) is 0 Å². The van der Waals surface area contributed by atoms with Gasteiger partial charge in [-0.25, -0.2) is 4.39 Å². The molecule has 94 valence electrons. The van der Waals surface area contributed by atoms with Crippen LogP contribution in [0.25, 0.3) is 0 Å². The average molecular weight is 255 g/mol. The molecule has 0 saturated carbocycles. The lowest BCUT2D eigenvalue weighted by Crippen LogP contribution is -2.21. The predicted octanol–water partition coefficient (Wildman–Crippen LogP) is 1.90. The minimum atomic E-state index is -0.297. The van der Waals surface area contributed by atoms with Gasteiger partial charge in [0.1, 0.15) is 11.7 Å². The van der Waals surface area contributed by atoms with Gasteiger partial charge in [-0.05, 0) is 19.4 Å². The molecule has 0 aliphatic carbocycles. The second-order valence-electron chi connectivity index (χ2n) is 3.95. The minimum Gasteiger partial charge on any atom is -0.384 e. The molecule has 0 atom stereocenters. The maximum absolute atomic E-state index is 13.7. The number of hydrogen-bond acceptors (Lipinski definition) is 3. The van der Waals surface area contributed by atoms with Gasteiger partial charge in [0.05, 0.1) is 0 Å².